The molecule has 0 saturated carbocycles. The van der Waals surface area contributed by atoms with Crippen molar-refractivity contribution in [3.63, 3.8) is 0 Å². The Kier molecular flexibility index (Phi) is 5.86. The fourth-order valence-electron chi connectivity index (χ4n) is 2.83. The Morgan fingerprint density at radius 2 is 2.25 bits per heavy atom. The van der Waals surface area contributed by atoms with Gasteiger partial charge in [0, 0.05) is 19.1 Å². The van der Waals surface area contributed by atoms with Crippen molar-refractivity contribution in [2.24, 2.45) is 5.92 Å². The molecule has 3 nitrogen and oxygen atoms in total. The van der Waals surface area contributed by atoms with Gasteiger partial charge in [0.05, 0.1) is 6.61 Å². The van der Waals surface area contributed by atoms with Gasteiger partial charge >= 0.3 is 0 Å². The highest BCUT2D eigenvalue weighted by atomic mass is 16.5. The molecule has 1 aromatic carbocycles. The maximum Gasteiger partial charge on any atom is 0.119 e. The second-order valence-corrected chi connectivity index (χ2v) is 5.95. The smallest absolute Gasteiger partial charge is 0.119 e. The van der Waals surface area contributed by atoms with Crippen LogP contribution in [0.15, 0.2) is 24.3 Å². The summed E-state index contributed by atoms with van der Waals surface area (Å²) in [7, 11) is 0. The first-order valence-corrected chi connectivity index (χ1v) is 7.85. The summed E-state index contributed by atoms with van der Waals surface area (Å²) in [5.41, 5.74) is 1.30. The van der Waals surface area contributed by atoms with Gasteiger partial charge < -0.3 is 15.0 Å². The Balaban J connectivity index is 1.72. The number of hydrogen-bond donors (Lipinski definition) is 1. The van der Waals surface area contributed by atoms with Gasteiger partial charge in [0.15, 0.2) is 0 Å². The molecule has 0 aromatic heterocycles. The van der Waals surface area contributed by atoms with Gasteiger partial charge in [0.2, 0.25) is 0 Å². The fraction of sp³-hybridized carbons (Fsp3) is 0.647. The van der Waals surface area contributed by atoms with Crippen molar-refractivity contribution in [1.82, 2.24) is 10.2 Å². The molecular formula is C17H28N2O. The highest BCUT2D eigenvalue weighted by Gasteiger charge is 2.23. The number of likely N-dealkylation sites (tertiary alicyclic amines) is 1. The van der Waals surface area contributed by atoms with Crippen LogP contribution < -0.4 is 10.1 Å². The van der Waals surface area contributed by atoms with E-state index in [1.54, 1.807) is 0 Å². The van der Waals surface area contributed by atoms with E-state index in [0.717, 1.165) is 31.4 Å². The van der Waals surface area contributed by atoms with Crippen LogP contribution in [0, 0.1) is 5.92 Å². The Hall–Kier alpha value is -1.06. The number of benzene rings is 1. The Labute approximate surface area is 123 Å². The summed E-state index contributed by atoms with van der Waals surface area (Å²) in [4.78, 5) is 2.57. The zero-order valence-electron chi connectivity index (χ0n) is 13.1. The van der Waals surface area contributed by atoms with Crippen LogP contribution in [0.1, 0.15) is 32.8 Å². The van der Waals surface area contributed by atoms with E-state index in [9.17, 15) is 0 Å². The van der Waals surface area contributed by atoms with E-state index in [2.05, 4.69) is 42.3 Å². The SMILES string of the molecule is CCOc1cccc(CNCC2CCN(C(C)C)C2)c1. The third kappa shape index (κ3) is 4.50. The van der Waals surface area contributed by atoms with Crippen LogP contribution >= 0.6 is 0 Å². The molecule has 20 heavy (non-hydrogen) atoms. The molecule has 1 saturated heterocycles. The van der Waals surface area contributed by atoms with Crippen molar-refractivity contribution >= 4 is 0 Å². The summed E-state index contributed by atoms with van der Waals surface area (Å²) in [5, 5.41) is 3.59. The average molecular weight is 276 g/mol. The second kappa shape index (κ2) is 7.65. The summed E-state index contributed by atoms with van der Waals surface area (Å²) in [5.74, 6) is 1.77. The molecule has 0 bridgehead atoms. The van der Waals surface area contributed by atoms with E-state index in [1.165, 1.54) is 25.1 Å². The van der Waals surface area contributed by atoms with Crippen molar-refractivity contribution in [2.45, 2.75) is 39.8 Å². The van der Waals surface area contributed by atoms with E-state index in [4.69, 9.17) is 4.74 Å². The summed E-state index contributed by atoms with van der Waals surface area (Å²) in [6.07, 6.45) is 1.32. The average Bonchev–Trinajstić information content (AvgIpc) is 2.89. The minimum Gasteiger partial charge on any atom is -0.494 e. The van der Waals surface area contributed by atoms with Gasteiger partial charge in [0.25, 0.3) is 0 Å². The number of rotatable bonds is 7. The van der Waals surface area contributed by atoms with Crippen molar-refractivity contribution < 1.29 is 4.74 Å². The predicted octanol–water partition coefficient (Wildman–Crippen LogP) is 2.91. The van der Waals surface area contributed by atoms with Gasteiger partial charge in [0.1, 0.15) is 5.75 Å². The molecule has 1 N–H and O–H groups in total. The molecule has 1 heterocycles. The predicted molar refractivity (Wildman–Crippen MR) is 84.1 cm³/mol. The van der Waals surface area contributed by atoms with Gasteiger partial charge in [-0.25, -0.2) is 0 Å². The van der Waals surface area contributed by atoms with Gasteiger partial charge in [-0.1, -0.05) is 12.1 Å². The minimum atomic E-state index is 0.683. The normalized spacial score (nSPS) is 19.7. The Morgan fingerprint density at radius 1 is 1.40 bits per heavy atom. The second-order valence-electron chi connectivity index (χ2n) is 5.95. The van der Waals surface area contributed by atoms with Gasteiger partial charge in [-0.3, -0.25) is 0 Å². The molecule has 0 radical (unpaired) electrons. The molecule has 1 unspecified atom stereocenters. The van der Waals surface area contributed by atoms with Crippen molar-refractivity contribution in [2.75, 3.05) is 26.2 Å². The van der Waals surface area contributed by atoms with Crippen LogP contribution in [0.3, 0.4) is 0 Å². The summed E-state index contributed by atoms with van der Waals surface area (Å²) < 4.78 is 5.53. The zero-order chi connectivity index (χ0) is 14.4. The van der Waals surface area contributed by atoms with Crippen LogP contribution in [0.25, 0.3) is 0 Å². The van der Waals surface area contributed by atoms with Crippen molar-refractivity contribution in [3.8, 4) is 5.75 Å². The lowest BCUT2D eigenvalue weighted by Gasteiger charge is -2.20. The first kappa shape index (κ1) is 15.3. The van der Waals surface area contributed by atoms with Crippen LogP contribution in [0.4, 0.5) is 0 Å². The maximum absolute atomic E-state index is 5.53. The standard InChI is InChI=1S/C17H28N2O/c1-4-20-17-7-5-6-15(10-17)11-18-12-16-8-9-19(13-16)14(2)3/h5-7,10,14,16,18H,4,8-9,11-13H2,1-3H3. The third-order valence-corrected chi connectivity index (χ3v) is 4.02. The quantitative estimate of drug-likeness (QED) is 0.829. The molecule has 1 fully saturated rings. The lowest BCUT2D eigenvalue weighted by Crippen LogP contribution is -2.30. The van der Waals surface area contributed by atoms with E-state index < -0.39 is 0 Å². The number of hydrogen-bond acceptors (Lipinski definition) is 3. The molecule has 112 valence electrons. The van der Waals surface area contributed by atoms with Gasteiger partial charge in [-0.2, -0.15) is 0 Å². The maximum atomic E-state index is 5.53. The summed E-state index contributed by atoms with van der Waals surface area (Å²) in [6, 6.07) is 9.06. The Morgan fingerprint density at radius 3 is 2.95 bits per heavy atom. The lowest BCUT2D eigenvalue weighted by molar-refractivity contribution is 0.264. The number of nitrogens with one attached hydrogen (secondary N) is 1. The summed E-state index contributed by atoms with van der Waals surface area (Å²) >= 11 is 0. The third-order valence-electron chi connectivity index (χ3n) is 4.02. The van der Waals surface area contributed by atoms with E-state index in [-0.39, 0.29) is 0 Å². The molecule has 3 heteroatoms. The molecule has 1 aliphatic rings. The molecule has 1 aromatic rings. The first-order chi connectivity index (χ1) is 9.69. The minimum absolute atomic E-state index is 0.683. The van der Waals surface area contributed by atoms with E-state index in [1.807, 2.05) is 13.0 Å². The van der Waals surface area contributed by atoms with Crippen LogP contribution in [0.5, 0.6) is 5.75 Å². The number of nitrogens with zero attached hydrogens (tertiary/aromatic N) is 1. The highest BCUT2D eigenvalue weighted by Crippen LogP contribution is 2.18. The van der Waals surface area contributed by atoms with E-state index >= 15 is 0 Å². The molecule has 2 rings (SSSR count). The summed E-state index contributed by atoms with van der Waals surface area (Å²) in [6.45, 7) is 11.9. The van der Waals surface area contributed by atoms with Crippen molar-refractivity contribution in [1.29, 1.82) is 0 Å². The van der Waals surface area contributed by atoms with Crippen LogP contribution in [-0.2, 0) is 6.54 Å². The number of ether oxygens (including phenoxy) is 1. The Bertz CT molecular complexity index is 406. The van der Waals surface area contributed by atoms with Crippen molar-refractivity contribution in [3.05, 3.63) is 29.8 Å². The molecule has 0 amide bonds. The monoisotopic (exact) mass is 276 g/mol. The zero-order valence-corrected chi connectivity index (χ0v) is 13.1. The van der Waals surface area contributed by atoms with Crippen LogP contribution in [0.2, 0.25) is 0 Å². The molecule has 0 spiro atoms. The topological polar surface area (TPSA) is 24.5 Å². The lowest BCUT2D eigenvalue weighted by atomic mass is 10.1. The molecule has 1 aliphatic heterocycles. The highest BCUT2D eigenvalue weighted by molar-refractivity contribution is 5.28. The fourth-order valence-corrected chi connectivity index (χ4v) is 2.83. The van der Waals surface area contributed by atoms with Gasteiger partial charge in [-0.05, 0) is 63.9 Å². The largest absolute Gasteiger partial charge is 0.494 e. The molecule has 0 aliphatic carbocycles. The van der Waals surface area contributed by atoms with E-state index in [0.29, 0.717) is 6.04 Å². The van der Waals surface area contributed by atoms with Gasteiger partial charge in [-0.15, -0.1) is 0 Å². The first-order valence-electron chi connectivity index (χ1n) is 7.85. The van der Waals surface area contributed by atoms with Crippen LogP contribution in [-0.4, -0.2) is 37.2 Å². The molecular weight excluding hydrogens is 248 g/mol. The molecule has 1 atom stereocenters.